The molecule has 0 heterocycles. The molecule has 0 saturated carbocycles. The van der Waals surface area contributed by atoms with E-state index in [9.17, 15) is 0 Å². The van der Waals surface area contributed by atoms with Gasteiger partial charge < -0.3 is 19.0 Å². The molecule has 0 radical (unpaired) electrons. The number of allylic oxidation sites excluding steroid dienone is 1. The van der Waals surface area contributed by atoms with Gasteiger partial charge in [-0.1, -0.05) is 19.4 Å². The molecule has 0 bridgehead atoms. The Morgan fingerprint density at radius 2 is 1.45 bits per heavy atom. The third-order valence-corrected chi connectivity index (χ3v) is 6.98. The van der Waals surface area contributed by atoms with E-state index in [-0.39, 0.29) is 0 Å². The Labute approximate surface area is 126 Å². The highest BCUT2D eigenvalue weighted by atomic mass is 28.4. The van der Waals surface area contributed by atoms with Crippen molar-refractivity contribution in [1.29, 1.82) is 0 Å². The molecule has 0 rings (SSSR count). The molecule has 0 aromatic heterocycles. The van der Waals surface area contributed by atoms with E-state index in [1.165, 1.54) is 10.8 Å². The molecule has 0 spiro atoms. The zero-order chi connectivity index (χ0) is 15.6. The first-order valence-electron chi connectivity index (χ1n) is 7.84. The van der Waals surface area contributed by atoms with Crippen molar-refractivity contribution in [3.05, 3.63) is 10.8 Å². The summed E-state index contributed by atoms with van der Waals surface area (Å²) in [5, 5.41) is 1.18. The van der Waals surface area contributed by atoms with E-state index in [0.717, 1.165) is 12.8 Å². The molecular formula is C15H33NO3Si. The minimum atomic E-state index is -2.79. The van der Waals surface area contributed by atoms with Crippen LogP contribution in [0.5, 0.6) is 0 Å². The second-order valence-electron chi connectivity index (χ2n) is 4.86. The van der Waals surface area contributed by atoms with E-state index in [1.54, 1.807) is 0 Å². The monoisotopic (exact) mass is 303 g/mol. The lowest BCUT2D eigenvalue weighted by atomic mass is 9.99. The molecule has 0 aliphatic rings. The zero-order valence-corrected chi connectivity index (χ0v) is 15.1. The van der Waals surface area contributed by atoms with Gasteiger partial charge in [0.15, 0.2) is 0 Å². The molecule has 0 aliphatic carbocycles. The van der Waals surface area contributed by atoms with Gasteiger partial charge in [-0.2, -0.15) is 0 Å². The van der Waals surface area contributed by atoms with Crippen molar-refractivity contribution in [3.8, 4) is 0 Å². The van der Waals surface area contributed by atoms with Crippen LogP contribution in [0.3, 0.4) is 0 Å². The SMILES string of the molecule is CCO[Si](OCC)(OCC)C(CCN)=C(C)C(C)CC. The fourth-order valence-electron chi connectivity index (χ4n) is 2.30. The van der Waals surface area contributed by atoms with E-state index in [4.69, 9.17) is 19.0 Å². The molecular weight excluding hydrogens is 270 g/mol. The highest BCUT2D eigenvalue weighted by molar-refractivity contribution is 6.69. The predicted octanol–water partition coefficient (Wildman–Crippen LogP) is 3.29. The summed E-state index contributed by atoms with van der Waals surface area (Å²) in [6, 6.07) is 0. The molecule has 0 aromatic rings. The Balaban J connectivity index is 5.71. The van der Waals surface area contributed by atoms with E-state index >= 15 is 0 Å². The molecule has 20 heavy (non-hydrogen) atoms. The number of rotatable bonds is 11. The van der Waals surface area contributed by atoms with Gasteiger partial charge in [-0.15, -0.1) is 0 Å². The summed E-state index contributed by atoms with van der Waals surface area (Å²) >= 11 is 0. The lowest BCUT2D eigenvalue weighted by molar-refractivity contribution is 0.0793. The predicted molar refractivity (Wildman–Crippen MR) is 86.5 cm³/mol. The van der Waals surface area contributed by atoms with Gasteiger partial charge in [-0.3, -0.25) is 0 Å². The van der Waals surface area contributed by atoms with E-state index in [1.807, 2.05) is 20.8 Å². The molecule has 0 saturated heterocycles. The van der Waals surface area contributed by atoms with Crippen LogP contribution >= 0.6 is 0 Å². The van der Waals surface area contributed by atoms with Gasteiger partial charge in [0.2, 0.25) is 0 Å². The molecule has 0 aliphatic heterocycles. The summed E-state index contributed by atoms with van der Waals surface area (Å²) < 4.78 is 18.1. The van der Waals surface area contributed by atoms with Crippen LogP contribution in [0, 0.1) is 5.92 Å². The lowest BCUT2D eigenvalue weighted by Gasteiger charge is -2.33. The fourth-order valence-corrected chi connectivity index (χ4v) is 5.39. The summed E-state index contributed by atoms with van der Waals surface area (Å²) in [6.45, 7) is 14.9. The number of hydrogen-bond donors (Lipinski definition) is 1. The normalized spacial score (nSPS) is 15.2. The third kappa shape index (κ3) is 5.29. The summed E-state index contributed by atoms with van der Waals surface area (Å²) in [5.41, 5.74) is 7.13. The average Bonchev–Trinajstić information content (AvgIpc) is 2.43. The molecule has 120 valence electrons. The van der Waals surface area contributed by atoms with Crippen molar-refractivity contribution >= 4 is 8.80 Å². The van der Waals surface area contributed by atoms with Gasteiger partial charge in [-0.05, 0) is 53.0 Å². The Morgan fingerprint density at radius 3 is 1.75 bits per heavy atom. The maximum Gasteiger partial charge on any atom is 0.532 e. The lowest BCUT2D eigenvalue weighted by Crippen LogP contribution is -2.49. The van der Waals surface area contributed by atoms with Crippen molar-refractivity contribution in [3.63, 3.8) is 0 Å². The Hall–Kier alpha value is -0.203. The molecule has 1 unspecified atom stereocenters. The van der Waals surface area contributed by atoms with Gasteiger partial charge >= 0.3 is 8.80 Å². The maximum absolute atomic E-state index is 6.02. The number of hydrogen-bond acceptors (Lipinski definition) is 4. The molecule has 5 heteroatoms. The Morgan fingerprint density at radius 1 is 1.00 bits per heavy atom. The van der Waals surface area contributed by atoms with Crippen molar-refractivity contribution in [2.45, 2.75) is 54.4 Å². The van der Waals surface area contributed by atoms with Gasteiger partial charge in [0.05, 0.1) is 0 Å². The van der Waals surface area contributed by atoms with E-state index in [0.29, 0.717) is 32.3 Å². The van der Waals surface area contributed by atoms with Gasteiger partial charge in [0.25, 0.3) is 0 Å². The minimum absolute atomic E-state index is 0.491. The molecule has 2 N–H and O–H groups in total. The molecule has 0 amide bonds. The smallest absolute Gasteiger partial charge is 0.370 e. The zero-order valence-electron chi connectivity index (χ0n) is 14.1. The van der Waals surface area contributed by atoms with E-state index < -0.39 is 8.80 Å². The van der Waals surface area contributed by atoms with Crippen molar-refractivity contribution in [2.75, 3.05) is 26.4 Å². The first kappa shape index (κ1) is 19.8. The van der Waals surface area contributed by atoms with Crippen LogP contribution in [0.1, 0.15) is 54.4 Å². The molecule has 1 atom stereocenters. The van der Waals surface area contributed by atoms with Crippen molar-refractivity contribution in [2.24, 2.45) is 11.7 Å². The first-order chi connectivity index (χ1) is 9.52. The molecule has 0 aromatic carbocycles. The van der Waals surface area contributed by atoms with Gasteiger partial charge in [0, 0.05) is 25.0 Å². The largest absolute Gasteiger partial charge is 0.532 e. The second kappa shape index (κ2) is 10.5. The summed E-state index contributed by atoms with van der Waals surface area (Å²) in [7, 11) is -2.79. The standard InChI is InChI=1S/C15H33NO3Si/c1-7-13(5)14(6)15(11-12-16)20(17-8-2,18-9-3)19-10-4/h13H,7-12,16H2,1-6H3. The van der Waals surface area contributed by atoms with E-state index in [2.05, 4.69) is 20.8 Å². The van der Waals surface area contributed by atoms with Crippen molar-refractivity contribution < 1.29 is 13.3 Å². The highest BCUT2D eigenvalue weighted by Crippen LogP contribution is 2.30. The van der Waals surface area contributed by atoms with Crippen LogP contribution in [0.4, 0.5) is 0 Å². The fraction of sp³-hybridized carbons (Fsp3) is 0.867. The summed E-state index contributed by atoms with van der Waals surface area (Å²) in [6.07, 6.45) is 1.87. The third-order valence-electron chi connectivity index (χ3n) is 3.59. The molecule has 4 nitrogen and oxygen atoms in total. The highest BCUT2D eigenvalue weighted by Gasteiger charge is 2.46. The Kier molecular flexibility index (Phi) is 10.4. The maximum atomic E-state index is 6.02. The van der Waals surface area contributed by atoms with Crippen LogP contribution in [0.2, 0.25) is 0 Å². The topological polar surface area (TPSA) is 53.7 Å². The van der Waals surface area contributed by atoms with Crippen LogP contribution in [-0.2, 0) is 13.3 Å². The first-order valence-corrected chi connectivity index (χ1v) is 9.57. The quantitative estimate of drug-likeness (QED) is 0.595. The number of nitrogens with two attached hydrogens (primary N) is 1. The van der Waals surface area contributed by atoms with Crippen LogP contribution in [-0.4, -0.2) is 35.2 Å². The minimum Gasteiger partial charge on any atom is -0.370 e. The summed E-state index contributed by atoms with van der Waals surface area (Å²) in [4.78, 5) is 0. The average molecular weight is 304 g/mol. The Bertz CT molecular complexity index is 278. The van der Waals surface area contributed by atoms with Gasteiger partial charge in [0.1, 0.15) is 0 Å². The second-order valence-corrected chi connectivity index (χ2v) is 7.45. The van der Waals surface area contributed by atoms with Crippen LogP contribution < -0.4 is 5.73 Å². The molecule has 0 fully saturated rings. The van der Waals surface area contributed by atoms with Gasteiger partial charge in [-0.25, -0.2) is 0 Å². The van der Waals surface area contributed by atoms with Crippen molar-refractivity contribution in [1.82, 2.24) is 0 Å². The summed E-state index contributed by atoms with van der Waals surface area (Å²) in [5.74, 6) is 0.491. The van der Waals surface area contributed by atoms with Crippen LogP contribution in [0.15, 0.2) is 10.8 Å². The van der Waals surface area contributed by atoms with Crippen LogP contribution in [0.25, 0.3) is 0 Å².